The summed E-state index contributed by atoms with van der Waals surface area (Å²) < 4.78 is 0. The van der Waals surface area contributed by atoms with Gasteiger partial charge in [-0.05, 0) is 38.1 Å². The number of benzene rings is 1. The molecular weight excluding hydrogens is 258 g/mol. The smallest absolute Gasteiger partial charge is 0.293 e. The van der Waals surface area contributed by atoms with E-state index in [4.69, 9.17) is 0 Å². The maximum absolute atomic E-state index is 11.0. The second kappa shape index (κ2) is 6.47. The van der Waals surface area contributed by atoms with Crippen LogP contribution in [0.15, 0.2) is 18.2 Å². The highest BCUT2D eigenvalue weighted by Crippen LogP contribution is 2.26. The van der Waals surface area contributed by atoms with Crippen molar-refractivity contribution < 1.29 is 9.72 Å². The van der Waals surface area contributed by atoms with Crippen LogP contribution in [0.1, 0.15) is 30.1 Å². The van der Waals surface area contributed by atoms with E-state index in [1.165, 1.54) is 12.5 Å². The summed E-state index contributed by atoms with van der Waals surface area (Å²) in [5, 5.41) is 14.2. The topological polar surface area (TPSA) is 75.5 Å². The largest absolute Gasteiger partial charge is 0.378 e. The van der Waals surface area contributed by atoms with Gasteiger partial charge in [0.25, 0.3) is 5.69 Å². The Balaban J connectivity index is 2.09. The first kappa shape index (κ1) is 14.5. The number of aldehydes is 1. The number of rotatable bonds is 6. The Kier molecular flexibility index (Phi) is 4.68. The number of hydrogen-bond acceptors (Lipinski definition) is 5. The summed E-state index contributed by atoms with van der Waals surface area (Å²) in [6, 6.07) is 4.92. The van der Waals surface area contributed by atoms with Gasteiger partial charge in [0.1, 0.15) is 12.0 Å². The first-order valence-electron chi connectivity index (χ1n) is 6.87. The van der Waals surface area contributed by atoms with Crippen LogP contribution in [0.3, 0.4) is 0 Å². The molecule has 1 aliphatic heterocycles. The molecule has 108 valence electrons. The van der Waals surface area contributed by atoms with E-state index in [-0.39, 0.29) is 5.69 Å². The first-order chi connectivity index (χ1) is 9.65. The molecule has 0 saturated carbocycles. The van der Waals surface area contributed by atoms with E-state index in [1.54, 1.807) is 12.1 Å². The Morgan fingerprint density at radius 2 is 2.35 bits per heavy atom. The van der Waals surface area contributed by atoms with E-state index in [9.17, 15) is 14.9 Å². The van der Waals surface area contributed by atoms with Crippen molar-refractivity contribution in [1.29, 1.82) is 0 Å². The molecule has 0 aliphatic carbocycles. The van der Waals surface area contributed by atoms with Crippen LogP contribution in [-0.4, -0.2) is 41.8 Å². The lowest BCUT2D eigenvalue weighted by Gasteiger charge is -2.23. The van der Waals surface area contributed by atoms with Crippen molar-refractivity contribution in [2.45, 2.75) is 25.8 Å². The molecule has 1 aromatic carbocycles. The Morgan fingerprint density at radius 3 is 3.00 bits per heavy atom. The lowest BCUT2D eigenvalue weighted by atomic mass is 10.1. The molecule has 1 N–H and O–H groups in total. The van der Waals surface area contributed by atoms with Crippen LogP contribution in [-0.2, 0) is 0 Å². The number of nitrogens with one attached hydrogen (secondary N) is 1. The Morgan fingerprint density at radius 1 is 1.55 bits per heavy atom. The van der Waals surface area contributed by atoms with Gasteiger partial charge in [0.05, 0.1) is 4.92 Å². The third-order valence-corrected chi connectivity index (χ3v) is 3.79. The van der Waals surface area contributed by atoms with Crippen molar-refractivity contribution >= 4 is 17.7 Å². The molecule has 1 atom stereocenters. The van der Waals surface area contributed by atoms with Gasteiger partial charge in [-0.3, -0.25) is 19.8 Å². The van der Waals surface area contributed by atoms with E-state index in [0.717, 1.165) is 19.5 Å². The van der Waals surface area contributed by atoms with Gasteiger partial charge in [-0.1, -0.05) is 6.92 Å². The lowest BCUT2D eigenvalue weighted by Crippen LogP contribution is -2.34. The Bertz CT molecular complexity index is 504. The molecule has 1 aromatic rings. The van der Waals surface area contributed by atoms with Gasteiger partial charge in [-0.2, -0.15) is 0 Å². The van der Waals surface area contributed by atoms with Gasteiger partial charge >= 0.3 is 0 Å². The van der Waals surface area contributed by atoms with Crippen molar-refractivity contribution in [2.75, 3.05) is 25.0 Å². The quantitative estimate of drug-likeness (QED) is 0.490. The normalized spacial score (nSPS) is 18.9. The van der Waals surface area contributed by atoms with Gasteiger partial charge in [0, 0.05) is 24.2 Å². The van der Waals surface area contributed by atoms with Crippen LogP contribution < -0.4 is 5.32 Å². The fourth-order valence-corrected chi connectivity index (χ4v) is 2.69. The molecule has 0 spiro atoms. The molecule has 1 aliphatic rings. The lowest BCUT2D eigenvalue weighted by molar-refractivity contribution is -0.384. The summed E-state index contributed by atoms with van der Waals surface area (Å²) in [6.07, 6.45) is 2.90. The summed E-state index contributed by atoms with van der Waals surface area (Å²) >= 11 is 0. The molecule has 0 aromatic heterocycles. The second-order valence-corrected chi connectivity index (χ2v) is 4.96. The summed E-state index contributed by atoms with van der Waals surface area (Å²) in [7, 11) is 0. The molecule has 0 bridgehead atoms. The zero-order valence-corrected chi connectivity index (χ0v) is 11.5. The van der Waals surface area contributed by atoms with Crippen LogP contribution in [0.5, 0.6) is 0 Å². The van der Waals surface area contributed by atoms with Gasteiger partial charge in [-0.15, -0.1) is 0 Å². The maximum atomic E-state index is 11.0. The van der Waals surface area contributed by atoms with Crippen molar-refractivity contribution in [1.82, 2.24) is 4.90 Å². The van der Waals surface area contributed by atoms with Gasteiger partial charge in [-0.25, -0.2) is 0 Å². The summed E-state index contributed by atoms with van der Waals surface area (Å²) in [6.45, 7) is 4.91. The third-order valence-electron chi connectivity index (χ3n) is 3.79. The molecule has 0 amide bonds. The zero-order chi connectivity index (χ0) is 14.5. The van der Waals surface area contributed by atoms with Crippen molar-refractivity contribution in [2.24, 2.45) is 0 Å². The molecular formula is C14H19N3O3. The van der Waals surface area contributed by atoms with Crippen LogP contribution >= 0.6 is 0 Å². The molecule has 20 heavy (non-hydrogen) atoms. The number of nitro groups is 1. The molecule has 1 heterocycles. The number of hydrogen-bond donors (Lipinski definition) is 1. The van der Waals surface area contributed by atoms with Crippen LogP contribution in [0, 0.1) is 10.1 Å². The monoisotopic (exact) mass is 277 g/mol. The number of likely N-dealkylation sites (tertiary alicyclic amines) is 1. The number of anilines is 1. The highest BCUT2D eigenvalue weighted by Gasteiger charge is 2.23. The van der Waals surface area contributed by atoms with Gasteiger partial charge < -0.3 is 5.32 Å². The number of nitrogens with zero attached hydrogens (tertiary/aromatic N) is 2. The predicted octanol–water partition coefficient (Wildman–Crippen LogP) is 2.30. The fourth-order valence-electron chi connectivity index (χ4n) is 2.69. The molecule has 1 unspecified atom stereocenters. The minimum Gasteiger partial charge on any atom is -0.378 e. The second-order valence-electron chi connectivity index (χ2n) is 4.96. The molecule has 2 rings (SSSR count). The molecule has 6 nitrogen and oxygen atoms in total. The van der Waals surface area contributed by atoms with Crippen LogP contribution in [0.25, 0.3) is 0 Å². The molecule has 6 heteroatoms. The maximum Gasteiger partial charge on any atom is 0.293 e. The Hall–Kier alpha value is -1.95. The summed E-state index contributed by atoms with van der Waals surface area (Å²) in [5.41, 5.74) is 0.748. The van der Waals surface area contributed by atoms with Crippen molar-refractivity contribution in [3.63, 3.8) is 0 Å². The average molecular weight is 277 g/mol. The number of likely N-dealkylation sites (N-methyl/N-ethyl adjacent to an activating group) is 1. The van der Waals surface area contributed by atoms with Gasteiger partial charge in [0.2, 0.25) is 0 Å². The van der Waals surface area contributed by atoms with E-state index >= 15 is 0 Å². The first-order valence-corrected chi connectivity index (χ1v) is 6.87. The standard InChI is InChI=1S/C14H19N3O3/c1-2-16-7-3-4-12(16)9-15-13-6-5-11(10-18)8-14(13)17(19)20/h5-6,8,10,12,15H,2-4,7,9H2,1H3. The van der Waals surface area contributed by atoms with Crippen molar-refractivity contribution in [3.05, 3.63) is 33.9 Å². The van der Waals surface area contributed by atoms with E-state index < -0.39 is 4.92 Å². The van der Waals surface area contributed by atoms with Crippen LogP contribution in [0.4, 0.5) is 11.4 Å². The SMILES string of the molecule is CCN1CCCC1CNc1ccc(C=O)cc1[N+](=O)[O-]. The van der Waals surface area contributed by atoms with Crippen LogP contribution in [0.2, 0.25) is 0 Å². The molecule has 0 radical (unpaired) electrons. The average Bonchev–Trinajstić information content (AvgIpc) is 2.92. The third kappa shape index (κ3) is 3.14. The van der Waals surface area contributed by atoms with E-state index in [2.05, 4.69) is 17.1 Å². The van der Waals surface area contributed by atoms with Crippen molar-refractivity contribution in [3.8, 4) is 0 Å². The highest BCUT2D eigenvalue weighted by molar-refractivity contribution is 5.79. The van der Waals surface area contributed by atoms with E-state index in [0.29, 0.717) is 30.1 Å². The molecule has 1 fully saturated rings. The summed E-state index contributed by atoms with van der Waals surface area (Å²) in [5.74, 6) is 0. The Labute approximate surface area is 117 Å². The molecule has 1 saturated heterocycles. The highest BCUT2D eigenvalue weighted by atomic mass is 16.6. The fraction of sp³-hybridized carbons (Fsp3) is 0.500. The minimum atomic E-state index is -0.457. The van der Waals surface area contributed by atoms with E-state index in [1.807, 2.05) is 0 Å². The minimum absolute atomic E-state index is 0.0457. The van der Waals surface area contributed by atoms with Gasteiger partial charge in [0.15, 0.2) is 0 Å². The summed E-state index contributed by atoms with van der Waals surface area (Å²) in [4.78, 5) is 23.7. The predicted molar refractivity (Wildman–Crippen MR) is 77.2 cm³/mol. The number of carbonyl (C=O) groups is 1. The number of carbonyl (C=O) groups excluding carboxylic acids is 1. The zero-order valence-electron chi connectivity index (χ0n) is 11.5. The number of nitro benzene ring substituents is 1.